The van der Waals surface area contributed by atoms with E-state index in [1.807, 2.05) is 0 Å². The Kier molecular flexibility index (Phi) is 20.5. The number of hydrogen-bond acceptors (Lipinski definition) is 23. The van der Waals surface area contributed by atoms with Crippen molar-refractivity contribution in [2.75, 3.05) is 52.9 Å². The zero-order valence-electron chi connectivity index (χ0n) is 40.1. The molecular formula is C50H70O23. The number of aliphatic hydroxyl groups is 12. The van der Waals surface area contributed by atoms with Crippen molar-refractivity contribution in [3.8, 4) is 17.2 Å². The number of hydrogen-bond donors (Lipinski definition) is 15. The van der Waals surface area contributed by atoms with E-state index < -0.39 is 146 Å². The molecule has 0 unspecified atom stereocenters. The standard InChI is InChI=1S/C50H70O23/c51-20-35-39(60)41(62)43(64)47(72-35)68-13-11-49(24-53)9-7-28(18-37(49)58)22-70-45(66)31(15-26-1-4-30(55)5-2-26)32(16-27-3-6-33(56)34(57)17-27)46(67)71-23-29-8-10-50(25-54,38(59)19-29)12-14-69-48-44(65)42(63)40(61)36(21-52)73-48/h1-6,15-17,28-29,35-44,47-48,51-65H,7-14,18-25H2/b31-15?,32-16+/t28-,29-,35+,36+,37-,38-,39+,40+,41-,42-,43+,44+,47+,48+,49+,50+/m0/s1. The van der Waals surface area contributed by atoms with Crippen LogP contribution in [0.2, 0.25) is 0 Å². The Balaban J connectivity index is 1.13. The molecule has 2 saturated carbocycles. The van der Waals surface area contributed by atoms with Gasteiger partial charge in [0.05, 0.1) is 76.2 Å². The van der Waals surface area contributed by atoms with Gasteiger partial charge in [-0.3, -0.25) is 0 Å². The van der Waals surface area contributed by atoms with Crippen molar-refractivity contribution in [2.45, 2.75) is 125 Å². The molecule has 2 heterocycles. The first-order valence-electron chi connectivity index (χ1n) is 24.3. The summed E-state index contributed by atoms with van der Waals surface area (Å²) in [5.41, 5.74) is -2.36. The molecule has 0 amide bonds. The molecule has 6 rings (SSSR count). The Hall–Kier alpha value is -4.38. The van der Waals surface area contributed by atoms with Crippen molar-refractivity contribution in [1.29, 1.82) is 0 Å². The molecule has 23 nitrogen and oxygen atoms in total. The third-order valence-electron chi connectivity index (χ3n) is 14.9. The Morgan fingerprint density at radius 2 is 0.986 bits per heavy atom. The number of aliphatic hydroxyl groups excluding tert-OH is 12. The summed E-state index contributed by atoms with van der Waals surface area (Å²) >= 11 is 0. The van der Waals surface area contributed by atoms with E-state index in [4.69, 9.17) is 28.4 Å². The largest absolute Gasteiger partial charge is 0.508 e. The van der Waals surface area contributed by atoms with Gasteiger partial charge in [0.25, 0.3) is 0 Å². The van der Waals surface area contributed by atoms with Crippen molar-refractivity contribution < 1.29 is 115 Å². The molecule has 2 aromatic rings. The van der Waals surface area contributed by atoms with Crippen LogP contribution in [0.1, 0.15) is 62.5 Å². The maximum atomic E-state index is 14.3. The van der Waals surface area contributed by atoms with Crippen LogP contribution in [0, 0.1) is 22.7 Å². The Morgan fingerprint density at radius 1 is 0.562 bits per heavy atom. The number of carbonyl (C=O) groups is 2. The van der Waals surface area contributed by atoms with E-state index in [0.717, 1.165) is 6.07 Å². The van der Waals surface area contributed by atoms with Crippen LogP contribution < -0.4 is 0 Å². The molecule has 408 valence electrons. The fraction of sp³-hybridized carbons (Fsp3) is 0.640. The lowest BCUT2D eigenvalue weighted by Gasteiger charge is -2.44. The summed E-state index contributed by atoms with van der Waals surface area (Å²) in [5, 5.41) is 154. The van der Waals surface area contributed by atoms with Crippen molar-refractivity contribution in [1.82, 2.24) is 0 Å². The summed E-state index contributed by atoms with van der Waals surface area (Å²) in [7, 11) is 0. The molecular weight excluding hydrogens is 969 g/mol. The van der Waals surface area contributed by atoms with Gasteiger partial charge in [0.2, 0.25) is 0 Å². The molecule has 0 radical (unpaired) electrons. The highest BCUT2D eigenvalue weighted by Gasteiger charge is 2.48. The predicted octanol–water partition coefficient (Wildman–Crippen LogP) is -1.95. The molecule has 15 N–H and O–H groups in total. The highest BCUT2D eigenvalue weighted by molar-refractivity contribution is 6.12. The number of benzene rings is 2. The highest BCUT2D eigenvalue weighted by Crippen LogP contribution is 2.44. The number of phenols is 3. The summed E-state index contributed by atoms with van der Waals surface area (Å²) in [6, 6.07) is 9.31. The monoisotopic (exact) mass is 1040 g/mol. The van der Waals surface area contributed by atoms with Crippen LogP contribution in [-0.2, 0) is 38.0 Å². The lowest BCUT2D eigenvalue weighted by Crippen LogP contribution is -2.59. The zero-order chi connectivity index (χ0) is 53.2. The Morgan fingerprint density at radius 3 is 1.38 bits per heavy atom. The molecule has 2 aromatic carbocycles. The van der Waals surface area contributed by atoms with Crippen LogP contribution in [0.3, 0.4) is 0 Å². The van der Waals surface area contributed by atoms with Crippen molar-refractivity contribution in [3.63, 3.8) is 0 Å². The molecule has 2 aliphatic carbocycles. The summed E-state index contributed by atoms with van der Waals surface area (Å²) in [5.74, 6) is -4.02. The first-order valence-corrected chi connectivity index (χ1v) is 24.3. The first-order chi connectivity index (χ1) is 34.8. The predicted molar refractivity (Wildman–Crippen MR) is 250 cm³/mol. The smallest absolute Gasteiger partial charge is 0.339 e. The molecule has 23 heteroatoms. The summed E-state index contributed by atoms with van der Waals surface area (Å²) < 4.78 is 33.7. The third kappa shape index (κ3) is 13.9. The van der Waals surface area contributed by atoms with Gasteiger partial charge in [-0.1, -0.05) is 18.2 Å². The maximum Gasteiger partial charge on any atom is 0.339 e. The molecule has 2 aliphatic heterocycles. The molecule has 2 saturated heterocycles. The van der Waals surface area contributed by atoms with Gasteiger partial charge in [-0.2, -0.15) is 0 Å². The average Bonchev–Trinajstić information content (AvgIpc) is 3.38. The normalized spacial score (nSPS) is 35.3. The van der Waals surface area contributed by atoms with Gasteiger partial charge in [-0.15, -0.1) is 0 Å². The van der Waals surface area contributed by atoms with Crippen molar-refractivity contribution in [2.24, 2.45) is 22.7 Å². The number of esters is 2. The molecule has 0 spiro atoms. The average molecular weight is 1040 g/mol. The fourth-order valence-corrected chi connectivity index (χ4v) is 9.83. The van der Waals surface area contributed by atoms with E-state index in [2.05, 4.69) is 0 Å². The molecule has 4 fully saturated rings. The van der Waals surface area contributed by atoms with Gasteiger partial charge in [-0.25, -0.2) is 9.59 Å². The molecule has 16 atom stereocenters. The highest BCUT2D eigenvalue weighted by atomic mass is 16.7. The van der Waals surface area contributed by atoms with Crippen LogP contribution in [-0.4, -0.2) is 215 Å². The van der Waals surface area contributed by atoms with E-state index in [0.29, 0.717) is 18.4 Å². The number of rotatable bonds is 21. The molecule has 73 heavy (non-hydrogen) atoms. The Bertz CT molecular complexity index is 2170. The topological polar surface area (TPSA) is 393 Å². The first kappa shape index (κ1) is 57.9. The minimum absolute atomic E-state index is 0.0487. The molecule has 0 aromatic heterocycles. The van der Waals surface area contributed by atoms with Crippen LogP contribution in [0.4, 0.5) is 0 Å². The van der Waals surface area contributed by atoms with Gasteiger partial charge < -0.3 is 105 Å². The quantitative estimate of drug-likeness (QED) is 0.0280. The molecule has 4 aliphatic rings. The second-order valence-corrected chi connectivity index (χ2v) is 19.6. The van der Waals surface area contributed by atoms with E-state index in [1.54, 1.807) is 0 Å². The summed E-state index contributed by atoms with van der Waals surface area (Å²) in [4.78, 5) is 28.6. The second-order valence-electron chi connectivity index (χ2n) is 19.6. The SMILES string of the molecule is O=C(OC[C@H]1CC[C@](CO)(CCO[C@@H]2O[C@H](CO)[C@@H](O)[C@H](O)[C@H]2O)[C@@H](O)C1)C(=Cc1ccc(O)cc1)/C(=C\c1ccc(O)c(O)c1)C(=O)OC[C@H]1CC[C@](CO)(CCO[C@@H]2O[C@H](CO)[C@@H](O)[C@H](O)[C@H]2O)[C@@H](O)C1. The van der Waals surface area contributed by atoms with E-state index in [-0.39, 0.29) is 87.4 Å². The van der Waals surface area contributed by atoms with Crippen LogP contribution in [0.25, 0.3) is 12.2 Å². The van der Waals surface area contributed by atoms with Gasteiger partial charge in [0.15, 0.2) is 24.1 Å². The second kappa shape index (κ2) is 25.9. The number of aromatic hydroxyl groups is 3. The lowest BCUT2D eigenvalue weighted by molar-refractivity contribution is -0.302. The van der Waals surface area contributed by atoms with E-state index >= 15 is 0 Å². The van der Waals surface area contributed by atoms with E-state index in [9.17, 15) is 86.2 Å². The molecule has 0 bridgehead atoms. The minimum atomic E-state index is -1.66. The van der Waals surface area contributed by atoms with Crippen molar-refractivity contribution >= 4 is 24.1 Å². The fourth-order valence-electron chi connectivity index (χ4n) is 9.83. The number of ether oxygens (including phenoxy) is 6. The minimum Gasteiger partial charge on any atom is -0.508 e. The maximum absolute atomic E-state index is 14.3. The Labute approximate surface area is 420 Å². The van der Waals surface area contributed by atoms with Crippen molar-refractivity contribution in [3.05, 3.63) is 64.7 Å². The number of phenolic OH excluding ortho intramolecular Hbond substituents is 3. The van der Waals surface area contributed by atoms with Gasteiger partial charge in [-0.05, 0) is 111 Å². The van der Waals surface area contributed by atoms with Crippen LogP contribution in [0.15, 0.2) is 53.6 Å². The van der Waals surface area contributed by atoms with Crippen LogP contribution in [0.5, 0.6) is 17.2 Å². The summed E-state index contributed by atoms with van der Waals surface area (Å²) in [6.45, 7) is -3.09. The third-order valence-corrected chi connectivity index (χ3v) is 14.9. The van der Waals surface area contributed by atoms with Gasteiger partial charge in [0.1, 0.15) is 54.6 Å². The van der Waals surface area contributed by atoms with Gasteiger partial charge >= 0.3 is 11.9 Å². The lowest BCUT2D eigenvalue weighted by atomic mass is 9.67. The van der Waals surface area contributed by atoms with Gasteiger partial charge in [0, 0.05) is 10.8 Å². The summed E-state index contributed by atoms with van der Waals surface area (Å²) in [6.07, 6.45) is -13.3. The zero-order valence-corrected chi connectivity index (χ0v) is 40.1. The van der Waals surface area contributed by atoms with Crippen LogP contribution >= 0.6 is 0 Å². The number of carbonyl (C=O) groups excluding carboxylic acids is 2. The van der Waals surface area contributed by atoms with E-state index in [1.165, 1.54) is 48.6 Å².